The molecule has 0 fully saturated rings. The van der Waals surface area contributed by atoms with E-state index in [9.17, 15) is 0 Å². The van der Waals surface area contributed by atoms with Gasteiger partial charge in [-0.25, -0.2) is 0 Å². The van der Waals surface area contributed by atoms with Crippen molar-refractivity contribution in [3.63, 3.8) is 0 Å². The van der Waals surface area contributed by atoms with Crippen molar-refractivity contribution in [3.05, 3.63) is 25.6 Å². The van der Waals surface area contributed by atoms with Crippen molar-refractivity contribution >= 4 is 0 Å². The van der Waals surface area contributed by atoms with E-state index in [4.69, 9.17) is 0 Å². The molecule has 0 saturated heterocycles. The summed E-state index contributed by atoms with van der Waals surface area (Å²) in [4.78, 5) is 0. The summed E-state index contributed by atoms with van der Waals surface area (Å²) >= 11 is 0. The summed E-state index contributed by atoms with van der Waals surface area (Å²) in [7, 11) is 0. The van der Waals surface area contributed by atoms with Crippen molar-refractivity contribution < 1.29 is 0 Å². The van der Waals surface area contributed by atoms with Crippen LogP contribution in [0.5, 0.6) is 0 Å². The number of hydrazine groups is 2. The van der Waals surface area contributed by atoms with Gasteiger partial charge >= 0.3 is 0 Å². The Morgan fingerprint density at radius 2 is 1.43 bits per heavy atom. The SMILES string of the molecule is C=CNNNC=C. The monoisotopic (exact) mass is 99.1 g/mol. The molecule has 0 radical (unpaired) electrons. The standard InChI is InChI=1S/C4H9N3/c1-3-5-7-6-4-2/h3-7H,1-2H2. The van der Waals surface area contributed by atoms with Crippen molar-refractivity contribution in [1.29, 1.82) is 0 Å². The molecule has 3 nitrogen and oxygen atoms in total. The molecular weight excluding hydrogens is 90.1 g/mol. The predicted molar refractivity (Wildman–Crippen MR) is 29.8 cm³/mol. The number of hydrogen-bond donors (Lipinski definition) is 3. The lowest BCUT2D eigenvalue weighted by Gasteiger charge is -1.98. The second-order valence-electron chi connectivity index (χ2n) is 0.822. The second kappa shape index (κ2) is 5.04. The fourth-order valence-electron chi connectivity index (χ4n) is 0.144. The lowest BCUT2D eigenvalue weighted by Crippen LogP contribution is -2.36. The maximum absolute atomic E-state index is 3.38. The summed E-state index contributed by atoms with van der Waals surface area (Å²) in [5.41, 5.74) is 7.71. The minimum atomic E-state index is 1.51. The molecule has 0 aliphatic rings. The molecule has 0 aliphatic carbocycles. The van der Waals surface area contributed by atoms with Gasteiger partial charge in [-0.15, -0.1) is 0 Å². The third-order valence-electron chi connectivity index (χ3n) is 0.348. The maximum Gasteiger partial charge on any atom is 0.00707 e. The van der Waals surface area contributed by atoms with E-state index in [-0.39, 0.29) is 0 Å². The van der Waals surface area contributed by atoms with Gasteiger partial charge in [0.05, 0.1) is 0 Å². The third-order valence-corrected chi connectivity index (χ3v) is 0.348. The Balaban J connectivity index is 2.68. The molecule has 0 heterocycles. The average Bonchev–Trinajstić information content (AvgIpc) is 1.69. The lowest BCUT2D eigenvalue weighted by molar-refractivity contribution is 0.568. The zero-order valence-corrected chi connectivity index (χ0v) is 4.07. The van der Waals surface area contributed by atoms with Gasteiger partial charge in [0.2, 0.25) is 0 Å². The smallest absolute Gasteiger partial charge is 0.00707 e. The van der Waals surface area contributed by atoms with Crippen LogP contribution in [-0.4, -0.2) is 0 Å². The van der Waals surface area contributed by atoms with Crippen LogP contribution >= 0.6 is 0 Å². The first-order valence-corrected chi connectivity index (χ1v) is 1.89. The van der Waals surface area contributed by atoms with Crippen LogP contribution in [0.3, 0.4) is 0 Å². The molecular formula is C4H9N3. The fourth-order valence-corrected chi connectivity index (χ4v) is 0.144. The molecule has 0 aliphatic heterocycles. The molecule has 0 unspecified atom stereocenters. The van der Waals surface area contributed by atoms with Crippen LogP contribution in [0.15, 0.2) is 25.6 Å². The fraction of sp³-hybridized carbons (Fsp3) is 0. The summed E-state index contributed by atoms with van der Waals surface area (Å²) in [6, 6.07) is 0. The Morgan fingerprint density at radius 1 is 1.00 bits per heavy atom. The van der Waals surface area contributed by atoms with Crippen molar-refractivity contribution in [2.75, 3.05) is 0 Å². The van der Waals surface area contributed by atoms with Gasteiger partial charge in [-0.2, -0.15) is 5.53 Å². The molecule has 0 saturated carbocycles. The summed E-state index contributed by atoms with van der Waals surface area (Å²) < 4.78 is 0. The van der Waals surface area contributed by atoms with E-state index >= 15 is 0 Å². The van der Waals surface area contributed by atoms with Crippen molar-refractivity contribution in [1.82, 2.24) is 16.4 Å². The minimum Gasteiger partial charge on any atom is -0.312 e. The van der Waals surface area contributed by atoms with E-state index in [1.807, 2.05) is 0 Å². The molecule has 0 aromatic heterocycles. The Bertz CT molecular complexity index is 52.0. The quantitative estimate of drug-likeness (QED) is 0.339. The van der Waals surface area contributed by atoms with Crippen LogP contribution in [0.2, 0.25) is 0 Å². The van der Waals surface area contributed by atoms with Gasteiger partial charge < -0.3 is 10.9 Å². The van der Waals surface area contributed by atoms with Crippen LogP contribution in [0.4, 0.5) is 0 Å². The topological polar surface area (TPSA) is 36.1 Å². The van der Waals surface area contributed by atoms with Crippen molar-refractivity contribution in [3.8, 4) is 0 Å². The molecule has 7 heavy (non-hydrogen) atoms. The molecule has 0 bridgehead atoms. The number of hydrogen-bond acceptors (Lipinski definition) is 3. The van der Waals surface area contributed by atoms with E-state index in [0.717, 1.165) is 0 Å². The predicted octanol–water partition coefficient (Wildman–Crippen LogP) is -0.128. The Morgan fingerprint density at radius 3 is 1.71 bits per heavy atom. The van der Waals surface area contributed by atoms with Gasteiger partial charge in [-0.3, -0.25) is 0 Å². The van der Waals surface area contributed by atoms with Crippen molar-refractivity contribution in [2.24, 2.45) is 0 Å². The molecule has 0 rings (SSSR count). The third kappa shape index (κ3) is 5.04. The minimum absolute atomic E-state index is 1.51. The largest absolute Gasteiger partial charge is 0.312 e. The molecule has 3 N–H and O–H groups in total. The highest BCUT2D eigenvalue weighted by atomic mass is 15.6. The first kappa shape index (κ1) is 6.04. The number of rotatable bonds is 4. The van der Waals surface area contributed by atoms with E-state index in [2.05, 4.69) is 29.5 Å². The van der Waals surface area contributed by atoms with E-state index < -0.39 is 0 Å². The summed E-state index contributed by atoms with van der Waals surface area (Å²) in [5, 5.41) is 0. The summed E-state index contributed by atoms with van der Waals surface area (Å²) in [6.45, 7) is 6.77. The summed E-state index contributed by atoms with van der Waals surface area (Å²) in [5.74, 6) is 0. The Labute approximate surface area is 43.0 Å². The molecule has 0 spiro atoms. The maximum atomic E-state index is 3.38. The highest BCUT2D eigenvalue weighted by Crippen LogP contribution is 1.41. The van der Waals surface area contributed by atoms with Crippen LogP contribution in [0.25, 0.3) is 0 Å². The van der Waals surface area contributed by atoms with E-state index in [1.54, 1.807) is 0 Å². The van der Waals surface area contributed by atoms with E-state index in [1.165, 1.54) is 12.4 Å². The Hall–Kier alpha value is -0.960. The summed E-state index contributed by atoms with van der Waals surface area (Å²) in [6.07, 6.45) is 3.02. The lowest BCUT2D eigenvalue weighted by atomic mass is 11.1. The van der Waals surface area contributed by atoms with E-state index in [0.29, 0.717) is 0 Å². The molecule has 0 aromatic carbocycles. The van der Waals surface area contributed by atoms with Crippen LogP contribution in [0, 0.1) is 0 Å². The van der Waals surface area contributed by atoms with Gasteiger partial charge in [0.25, 0.3) is 0 Å². The van der Waals surface area contributed by atoms with Gasteiger partial charge in [-0.05, 0) is 0 Å². The van der Waals surface area contributed by atoms with Crippen LogP contribution in [-0.2, 0) is 0 Å². The zero-order chi connectivity index (χ0) is 5.54. The first-order chi connectivity index (χ1) is 3.41. The van der Waals surface area contributed by atoms with Crippen molar-refractivity contribution in [2.45, 2.75) is 0 Å². The molecule has 0 aromatic rings. The highest BCUT2D eigenvalue weighted by Gasteiger charge is 1.60. The highest BCUT2D eigenvalue weighted by molar-refractivity contribution is 4.60. The molecule has 40 valence electrons. The molecule has 0 atom stereocenters. The van der Waals surface area contributed by atoms with Gasteiger partial charge in [0.15, 0.2) is 0 Å². The molecule has 3 heteroatoms. The zero-order valence-electron chi connectivity index (χ0n) is 4.07. The van der Waals surface area contributed by atoms with Gasteiger partial charge in [-0.1, -0.05) is 13.2 Å². The second-order valence-corrected chi connectivity index (χ2v) is 0.822. The van der Waals surface area contributed by atoms with Gasteiger partial charge in [0.1, 0.15) is 0 Å². The number of nitrogens with one attached hydrogen (secondary N) is 3. The normalized spacial score (nSPS) is 6.86. The first-order valence-electron chi connectivity index (χ1n) is 1.89. The van der Waals surface area contributed by atoms with Gasteiger partial charge in [0, 0.05) is 12.4 Å². The average molecular weight is 99.1 g/mol. The van der Waals surface area contributed by atoms with Crippen LogP contribution in [0.1, 0.15) is 0 Å². The van der Waals surface area contributed by atoms with Crippen LogP contribution < -0.4 is 16.4 Å². The molecule has 0 amide bonds. The Kier molecular flexibility index (Phi) is 4.35.